The van der Waals surface area contributed by atoms with E-state index < -0.39 is 0 Å². The summed E-state index contributed by atoms with van der Waals surface area (Å²) in [5.74, 6) is 0. The van der Waals surface area contributed by atoms with E-state index in [1.165, 1.54) is 17.5 Å². The van der Waals surface area contributed by atoms with E-state index in [1.54, 1.807) is 0 Å². The molecule has 1 fully saturated rings. The molecule has 112 valence electrons. The monoisotopic (exact) mass is 340 g/mol. The maximum atomic E-state index is 6.43. The van der Waals surface area contributed by atoms with Gasteiger partial charge in [-0.05, 0) is 43.2 Å². The van der Waals surface area contributed by atoms with Gasteiger partial charge in [0.05, 0.1) is 5.60 Å². The zero-order chi connectivity index (χ0) is 14.4. The molecular formula is C17H25BrO2. The number of halogens is 1. The van der Waals surface area contributed by atoms with Gasteiger partial charge in [0, 0.05) is 11.9 Å². The molecule has 0 spiro atoms. The van der Waals surface area contributed by atoms with Crippen LogP contribution in [0.2, 0.25) is 0 Å². The van der Waals surface area contributed by atoms with Crippen LogP contribution in [0.15, 0.2) is 24.3 Å². The second-order valence-corrected chi connectivity index (χ2v) is 6.01. The number of ether oxygens (including phenoxy) is 2. The fourth-order valence-corrected chi connectivity index (χ4v) is 3.24. The number of hydrogen-bond acceptors (Lipinski definition) is 2. The van der Waals surface area contributed by atoms with Crippen LogP contribution in [0.1, 0.15) is 57.1 Å². The first-order chi connectivity index (χ1) is 9.74. The van der Waals surface area contributed by atoms with Gasteiger partial charge in [-0.3, -0.25) is 0 Å². The van der Waals surface area contributed by atoms with Crippen LogP contribution in [0.25, 0.3) is 0 Å². The van der Waals surface area contributed by atoms with Crippen LogP contribution in [-0.2, 0) is 20.4 Å². The summed E-state index contributed by atoms with van der Waals surface area (Å²) in [7, 11) is 0. The molecule has 1 aliphatic heterocycles. The molecule has 3 heteroatoms. The third-order valence-electron chi connectivity index (χ3n) is 4.24. The van der Waals surface area contributed by atoms with E-state index in [9.17, 15) is 0 Å². The molecule has 1 heterocycles. The van der Waals surface area contributed by atoms with Crippen LogP contribution < -0.4 is 0 Å². The molecule has 0 radical (unpaired) electrons. The lowest BCUT2D eigenvalue weighted by Crippen LogP contribution is -2.36. The number of alkyl halides is 1. The highest BCUT2D eigenvalue weighted by atomic mass is 79.9. The normalized spacial score (nSPS) is 20.1. The molecule has 1 aliphatic rings. The fraction of sp³-hybridized carbons (Fsp3) is 0.647. The SMILES string of the molecule is CCC(CC)(OC1CCCCO1)c1cccc(CBr)c1. The van der Waals surface area contributed by atoms with Crippen molar-refractivity contribution in [2.24, 2.45) is 0 Å². The van der Waals surface area contributed by atoms with E-state index >= 15 is 0 Å². The Morgan fingerprint density at radius 3 is 2.70 bits per heavy atom. The lowest BCUT2D eigenvalue weighted by atomic mass is 9.87. The van der Waals surface area contributed by atoms with Crippen molar-refractivity contribution in [3.63, 3.8) is 0 Å². The predicted octanol–water partition coefficient (Wildman–Crippen LogP) is 5.14. The van der Waals surface area contributed by atoms with Crippen LogP contribution in [0.4, 0.5) is 0 Å². The molecule has 0 aliphatic carbocycles. The van der Waals surface area contributed by atoms with E-state index in [1.807, 2.05) is 0 Å². The Balaban J connectivity index is 2.22. The van der Waals surface area contributed by atoms with Gasteiger partial charge in [-0.15, -0.1) is 0 Å². The molecular weight excluding hydrogens is 316 g/mol. The van der Waals surface area contributed by atoms with Crippen molar-refractivity contribution in [1.29, 1.82) is 0 Å². The smallest absolute Gasteiger partial charge is 0.158 e. The summed E-state index contributed by atoms with van der Waals surface area (Å²) in [6, 6.07) is 8.70. The minimum atomic E-state index is -0.222. The molecule has 1 atom stereocenters. The van der Waals surface area contributed by atoms with Crippen LogP contribution in [-0.4, -0.2) is 12.9 Å². The highest BCUT2D eigenvalue weighted by Gasteiger charge is 2.33. The summed E-state index contributed by atoms with van der Waals surface area (Å²) < 4.78 is 12.2. The van der Waals surface area contributed by atoms with Crippen LogP contribution in [0.3, 0.4) is 0 Å². The van der Waals surface area contributed by atoms with Crippen molar-refractivity contribution < 1.29 is 9.47 Å². The molecule has 1 aromatic rings. The van der Waals surface area contributed by atoms with Gasteiger partial charge in [0.15, 0.2) is 6.29 Å². The summed E-state index contributed by atoms with van der Waals surface area (Å²) in [5.41, 5.74) is 2.34. The lowest BCUT2D eigenvalue weighted by molar-refractivity contribution is -0.232. The Bertz CT molecular complexity index is 409. The third-order valence-corrected chi connectivity index (χ3v) is 4.89. The lowest BCUT2D eigenvalue weighted by Gasteiger charge is -2.37. The summed E-state index contributed by atoms with van der Waals surface area (Å²) >= 11 is 3.54. The third kappa shape index (κ3) is 3.63. The van der Waals surface area contributed by atoms with Gasteiger partial charge in [-0.2, -0.15) is 0 Å². The van der Waals surface area contributed by atoms with Crippen molar-refractivity contribution in [3.05, 3.63) is 35.4 Å². The number of rotatable bonds is 6. The summed E-state index contributed by atoms with van der Waals surface area (Å²) in [6.45, 7) is 5.23. The Morgan fingerprint density at radius 2 is 2.10 bits per heavy atom. The molecule has 2 nitrogen and oxygen atoms in total. The van der Waals surface area contributed by atoms with Gasteiger partial charge >= 0.3 is 0 Å². The molecule has 1 aromatic carbocycles. The van der Waals surface area contributed by atoms with E-state index in [-0.39, 0.29) is 11.9 Å². The van der Waals surface area contributed by atoms with E-state index in [2.05, 4.69) is 54.0 Å². The maximum Gasteiger partial charge on any atom is 0.158 e. The molecule has 20 heavy (non-hydrogen) atoms. The van der Waals surface area contributed by atoms with Crippen molar-refractivity contribution >= 4 is 15.9 Å². The quantitative estimate of drug-likeness (QED) is 0.667. The minimum absolute atomic E-state index is 0.0451. The second kappa shape index (κ2) is 7.58. The van der Waals surface area contributed by atoms with Gasteiger partial charge in [0.2, 0.25) is 0 Å². The van der Waals surface area contributed by atoms with Gasteiger partial charge in [0.25, 0.3) is 0 Å². The molecule has 0 aromatic heterocycles. The zero-order valence-corrected chi connectivity index (χ0v) is 14.1. The van der Waals surface area contributed by atoms with Crippen molar-refractivity contribution in [2.45, 2.75) is 63.2 Å². The van der Waals surface area contributed by atoms with Crippen LogP contribution in [0, 0.1) is 0 Å². The van der Waals surface area contributed by atoms with Gasteiger partial charge in [-0.25, -0.2) is 0 Å². The van der Waals surface area contributed by atoms with E-state index in [4.69, 9.17) is 9.47 Å². The molecule has 1 unspecified atom stereocenters. The van der Waals surface area contributed by atoms with E-state index in [0.29, 0.717) is 0 Å². The average molecular weight is 341 g/mol. The molecule has 2 rings (SSSR count). The largest absolute Gasteiger partial charge is 0.353 e. The van der Waals surface area contributed by atoms with E-state index in [0.717, 1.165) is 37.6 Å². The summed E-state index contributed by atoms with van der Waals surface area (Å²) in [4.78, 5) is 0. The first-order valence-corrected chi connectivity index (χ1v) is 8.81. The Morgan fingerprint density at radius 1 is 1.30 bits per heavy atom. The van der Waals surface area contributed by atoms with Crippen molar-refractivity contribution in [1.82, 2.24) is 0 Å². The van der Waals surface area contributed by atoms with Gasteiger partial charge in [0.1, 0.15) is 0 Å². The number of hydrogen-bond donors (Lipinski definition) is 0. The van der Waals surface area contributed by atoms with Gasteiger partial charge < -0.3 is 9.47 Å². The molecule has 0 saturated carbocycles. The first-order valence-electron chi connectivity index (χ1n) is 7.69. The first kappa shape index (κ1) is 16.0. The zero-order valence-electron chi connectivity index (χ0n) is 12.5. The summed E-state index contributed by atoms with van der Waals surface area (Å²) in [5, 5.41) is 0.879. The van der Waals surface area contributed by atoms with Crippen molar-refractivity contribution in [2.75, 3.05) is 6.61 Å². The second-order valence-electron chi connectivity index (χ2n) is 5.45. The maximum absolute atomic E-state index is 6.43. The molecule has 0 amide bonds. The Labute approximate surface area is 131 Å². The molecule has 0 bridgehead atoms. The average Bonchev–Trinajstić information content (AvgIpc) is 2.54. The fourth-order valence-electron chi connectivity index (χ4n) is 2.89. The molecule has 0 N–H and O–H groups in total. The highest BCUT2D eigenvalue weighted by molar-refractivity contribution is 9.08. The minimum Gasteiger partial charge on any atom is -0.353 e. The van der Waals surface area contributed by atoms with Crippen LogP contribution in [0.5, 0.6) is 0 Å². The van der Waals surface area contributed by atoms with Crippen LogP contribution >= 0.6 is 15.9 Å². The van der Waals surface area contributed by atoms with Crippen molar-refractivity contribution in [3.8, 4) is 0 Å². The standard InChI is InChI=1S/C17H25BrO2/c1-3-17(4-2,20-16-10-5-6-11-19-16)15-9-7-8-14(12-15)13-18/h7-9,12,16H,3-6,10-11,13H2,1-2H3. The molecule has 1 saturated heterocycles. The highest BCUT2D eigenvalue weighted by Crippen LogP contribution is 2.36. The predicted molar refractivity (Wildman–Crippen MR) is 86.0 cm³/mol. The topological polar surface area (TPSA) is 18.5 Å². The Hall–Kier alpha value is -0.380. The Kier molecular flexibility index (Phi) is 6.06. The number of benzene rings is 1. The van der Waals surface area contributed by atoms with Gasteiger partial charge in [-0.1, -0.05) is 54.0 Å². The summed E-state index contributed by atoms with van der Waals surface area (Å²) in [6.07, 6.45) is 5.26.